The number of nitrogens with zero attached hydrogens (tertiary/aromatic N) is 2. The van der Waals surface area contributed by atoms with E-state index >= 15 is 0 Å². The molecule has 1 amide bonds. The first-order valence-corrected chi connectivity index (χ1v) is 10.3. The van der Waals surface area contributed by atoms with Crippen LogP contribution in [0.5, 0.6) is 5.75 Å². The number of anilines is 2. The van der Waals surface area contributed by atoms with Crippen LogP contribution in [0.2, 0.25) is 0 Å². The van der Waals surface area contributed by atoms with Crippen molar-refractivity contribution in [2.45, 2.75) is 13.5 Å². The van der Waals surface area contributed by atoms with Crippen LogP contribution in [0, 0.1) is 12.7 Å². The molecule has 0 unspecified atom stereocenters. The van der Waals surface area contributed by atoms with Crippen molar-refractivity contribution in [1.82, 2.24) is 4.90 Å². The number of hydrogen-bond acceptors (Lipinski definition) is 5. The van der Waals surface area contributed by atoms with Gasteiger partial charge < -0.3 is 24.3 Å². The van der Waals surface area contributed by atoms with Crippen molar-refractivity contribution in [2.24, 2.45) is 0 Å². The molecule has 0 atom stereocenters. The Balaban J connectivity index is 1.35. The van der Waals surface area contributed by atoms with Crippen molar-refractivity contribution >= 4 is 17.3 Å². The van der Waals surface area contributed by atoms with E-state index in [1.165, 1.54) is 17.8 Å². The zero-order valence-electron chi connectivity index (χ0n) is 17.7. The van der Waals surface area contributed by atoms with E-state index in [0.717, 1.165) is 37.4 Å². The molecule has 7 heteroatoms. The second kappa shape index (κ2) is 9.22. The van der Waals surface area contributed by atoms with E-state index in [2.05, 4.69) is 28.2 Å². The molecule has 31 heavy (non-hydrogen) atoms. The summed E-state index contributed by atoms with van der Waals surface area (Å²) >= 11 is 0. The number of furan rings is 1. The average molecular weight is 423 g/mol. The topological polar surface area (TPSA) is 58.0 Å². The van der Waals surface area contributed by atoms with Crippen LogP contribution in [0.15, 0.2) is 59.0 Å². The summed E-state index contributed by atoms with van der Waals surface area (Å²) in [5, 5.41) is 2.92. The number of halogens is 1. The lowest BCUT2D eigenvalue weighted by atomic mass is 10.1. The van der Waals surface area contributed by atoms with Crippen LogP contribution in [0.4, 0.5) is 15.8 Å². The van der Waals surface area contributed by atoms with E-state index in [-0.39, 0.29) is 24.1 Å². The fourth-order valence-corrected chi connectivity index (χ4v) is 3.50. The van der Waals surface area contributed by atoms with E-state index in [9.17, 15) is 9.18 Å². The summed E-state index contributed by atoms with van der Waals surface area (Å²) in [6.07, 6.45) is 0. The lowest BCUT2D eigenvalue weighted by Crippen LogP contribution is -2.44. The molecule has 0 aliphatic carbocycles. The van der Waals surface area contributed by atoms with E-state index in [1.54, 1.807) is 24.3 Å². The number of ether oxygens (including phenoxy) is 1. The molecule has 2 aromatic carbocycles. The average Bonchev–Trinajstić information content (AvgIpc) is 3.25. The molecule has 1 aliphatic heterocycles. The van der Waals surface area contributed by atoms with Crippen LogP contribution in [0.1, 0.15) is 21.9 Å². The maximum absolute atomic E-state index is 13.0. The Labute approximate surface area is 181 Å². The maximum Gasteiger partial charge on any atom is 0.291 e. The molecule has 1 N–H and O–H groups in total. The van der Waals surface area contributed by atoms with Crippen LogP contribution in [0.25, 0.3) is 0 Å². The number of piperazine rings is 1. The Bertz CT molecular complexity index is 1040. The zero-order valence-corrected chi connectivity index (χ0v) is 17.7. The highest BCUT2D eigenvalue weighted by Crippen LogP contribution is 2.24. The molecular formula is C24H26FN3O3. The van der Waals surface area contributed by atoms with Crippen LogP contribution in [0.3, 0.4) is 0 Å². The third kappa shape index (κ3) is 5.24. The minimum Gasteiger partial charge on any atom is -0.486 e. The monoisotopic (exact) mass is 423 g/mol. The van der Waals surface area contributed by atoms with Crippen molar-refractivity contribution in [1.29, 1.82) is 0 Å². The fraction of sp³-hybridized carbons (Fsp3) is 0.292. The second-order valence-corrected chi connectivity index (χ2v) is 7.75. The minimum atomic E-state index is -0.323. The quantitative estimate of drug-likeness (QED) is 0.640. The van der Waals surface area contributed by atoms with Gasteiger partial charge in [0.25, 0.3) is 5.91 Å². The number of hydrogen-bond donors (Lipinski definition) is 1. The van der Waals surface area contributed by atoms with Gasteiger partial charge in [0, 0.05) is 37.6 Å². The molecule has 0 spiro atoms. The smallest absolute Gasteiger partial charge is 0.291 e. The van der Waals surface area contributed by atoms with Gasteiger partial charge in [-0.3, -0.25) is 4.79 Å². The molecule has 2 heterocycles. The lowest BCUT2D eigenvalue weighted by molar-refractivity contribution is 0.0992. The number of carbonyl (C=O) groups excluding carboxylic acids is 1. The van der Waals surface area contributed by atoms with Gasteiger partial charge in [0.1, 0.15) is 23.9 Å². The number of carbonyl (C=O) groups is 1. The Hall–Kier alpha value is -3.32. The van der Waals surface area contributed by atoms with Crippen LogP contribution >= 0.6 is 0 Å². The molecule has 4 rings (SSSR count). The number of rotatable bonds is 6. The van der Waals surface area contributed by atoms with Gasteiger partial charge in [-0.2, -0.15) is 0 Å². The summed E-state index contributed by atoms with van der Waals surface area (Å²) < 4.78 is 24.1. The van der Waals surface area contributed by atoms with Gasteiger partial charge in [-0.05, 0) is 74.1 Å². The van der Waals surface area contributed by atoms with Crippen molar-refractivity contribution in [3.63, 3.8) is 0 Å². The lowest BCUT2D eigenvalue weighted by Gasteiger charge is -2.34. The van der Waals surface area contributed by atoms with Crippen LogP contribution in [-0.2, 0) is 6.61 Å². The molecule has 0 bridgehead atoms. The molecular weight excluding hydrogens is 397 g/mol. The van der Waals surface area contributed by atoms with Gasteiger partial charge in [-0.25, -0.2) is 4.39 Å². The van der Waals surface area contributed by atoms with Crippen molar-refractivity contribution < 1.29 is 18.3 Å². The highest BCUT2D eigenvalue weighted by molar-refractivity contribution is 6.02. The molecule has 6 nitrogen and oxygen atoms in total. The van der Waals surface area contributed by atoms with E-state index in [4.69, 9.17) is 9.15 Å². The van der Waals surface area contributed by atoms with Crippen LogP contribution in [-0.4, -0.2) is 44.0 Å². The van der Waals surface area contributed by atoms with Gasteiger partial charge in [-0.15, -0.1) is 0 Å². The van der Waals surface area contributed by atoms with Gasteiger partial charge in [-0.1, -0.05) is 0 Å². The third-order valence-electron chi connectivity index (χ3n) is 5.41. The third-order valence-corrected chi connectivity index (χ3v) is 5.41. The first kappa shape index (κ1) is 20.9. The summed E-state index contributed by atoms with van der Waals surface area (Å²) in [7, 11) is 2.14. The number of benzene rings is 2. The normalized spacial score (nSPS) is 14.5. The molecule has 3 aromatic rings. The van der Waals surface area contributed by atoms with Crippen molar-refractivity contribution in [3.05, 3.63) is 77.5 Å². The predicted octanol–water partition coefficient (Wildman–Crippen LogP) is 4.31. The summed E-state index contributed by atoms with van der Waals surface area (Å²) in [6.45, 7) is 6.22. The van der Waals surface area contributed by atoms with Crippen molar-refractivity contribution in [3.8, 4) is 5.75 Å². The Morgan fingerprint density at radius 1 is 1.06 bits per heavy atom. The largest absolute Gasteiger partial charge is 0.486 e. The molecule has 0 radical (unpaired) electrons. The minimum absolute atomic E-state index is 0.150. The molecule has 1 aromatic heterocycles. The van der Waals surface area contributed by atoms with Gasteiger partial charge >= 0.3 is 0 Å². The molecule has 162 valence electrons. The van der Waals surface area contributed by atoms with Crippen molar-refractivity contribution in [2.75, 3.05) is 43.4 Å². The maximum atomic E-state index is 13.0. The number of nitrogens with one attached hydrogen (secondary N) is 1. The summed E-state index contributed by atoms with van der Waals surface area (Å²) in [4.78, 5) is 17.3. The molecule has 1 saturated heterocycles. The SMILES string of the molecule is Cc1cc(N2CCN(C)CC2)ccc1NC(=O)c1ccc(COc2ccc(F)cc2)o1. The number of aryl methyl sites for hydroxylation is 1. The molecule has 1 aliphatic rings. The second-order valence-electron chi connectivity index (χ2n) is 7.75. The van der Waals surface area contributed by atoms with Gasteiger partial charge in [0.05, 0.1) is 0 Å². The Morgan fingerprint density at radius 2 is 1.81 bits per heavy atom. The highest BCUT2D eigenvalue weighted by atomic mass is 19.1. The predicted molar refractivity (Wildman–Crippen MR) is 118 cm³/mol. The van der Waals surface area contributed by atoms with Gasteiger partial charge in [0.2, 0.25) is 0 Å². The number of likely N-dealkylation sites (N-methyl/N-ethyl adjacent to an activating group) is 1. The van der Waals surface area contributed by atoms with Crippen LogP contribution < -0.4 is 15.0 Å². The van der Waals surface area contributed by atoms with Gasteiger partial charge in [0.15, 0.2) is 5.76 Å². The standard InChI is InChI=1S/C24H26FN3O3/c1-17-15-19(28-13-11-27(2)12-14-28)5-9-22(17)26-24(29)23-10-8-21(31-23)16-30-20-6-3-18(25)4-7-20/h3-10,15H,11-14,16H2,1-2H3,(H,26,29). The highest BCUT2D eigenvalue weighted by Gasteiger charge is 2.17. The Kier molecular flexibility index (Phi) is 6.23. The number of amides is 1. The summed E-state index contributed by atoms with van der Waals surface area (Å²) in [5.41, 5.74) is 2.92. The first-order chi connectivity index (χ1) is 15.0. The zero-order chi connectivity index (χ0) is 21.8. The molecule has 1 fully saturated rings. The Morgan fingerprint density at radius 3 is 2.52 bits per heavy atom. The summed E-state index contributed by atoms with van der Waals surface area (Å²) in [6, 6.07) is 15.1. The van der Waals surface area contributed by atoms with E-state index in [1.807, 2.05) is 19.1 Å². The summed E-state index contributed by atoms with van der Waals surface area (Å²) in [5.74, 6) is 0.608. The first-order valence-electron chi connectivity index (χ1n) is 10.3. The van der Waals surface area contributed by atoms with E-state index in [0.29, 0.717) is 11.5 Å². The van der Waals surface area contributed by atoms with E-state index < -0.39 is 0 Å². The molecule has 0 saturated carbocycles. The fourth-order valence-electron chi connectivity index (χ4n) is 3.50.